The molecule has 8 nitrogen and oxygen atoms in total. The van der Waals surface area contributed by atoms with Gasteiger partial charge in [-0.15, -0.1) is 0 Å². The third kappa shape index (κ3) is 4.66. The van der Waals surface area contributed by atoms with Crippen molar-refractivity contribution in [3.05, 3.63) is 16.4 Å². The zero-order chi connectivity index (χ0) is 14.6. The van der Waals surface area contributed by atoms with E-state index < -0.39 is 4.92 Å². The summed E-state index contributed by atoms with van der Waals surface area (Å²) in [5.74, 6) is 0.0267. The lowest BCUT2D eigenvalue weighted by molar-refractivity contribution is -0.385. The van der Waals surface area contributed by atoms with Gasteiger partial charge < -0.3 is 4.74 Å². The van der Waals surface area contributed by atoms with Crippen molar-refractivity contribution in [2.24, 2.45) is 0 Å². The highest BCUT2D eigenvalue weighted by atomic mass is 16.6. The van der Waals surface area contributed by atoms with Crippen LogP contribution in [0, 0.1) is 10.1 Å². The van der Waals surface area contributed by atoms with E-state index in [4.69, 9.17) is 4.74 Å². The summed E-state index contributed by atoms with van der Waals surface area (Å²) >= 11 is 0. The average Bonchev–Trinajstić information content (AvgIpc) is 2.24. The fraction of sp³-hybridized carbons (Fsp3) is 0.636. The van der Waals surface area contributed by atoms with Gasteiger partial charge in [0.15, 0.2) is 0 Å². The van der Waals surface area contributed by atoms with Crippen molar-refractivity contribution in [2.45, 2.75) is 46.3 Å². The molecule has 1 heterocycles. The van der Waals surface area contributed by atoms with Crippen molar-refractivity contribution >= 4 is 11.5 Å². The molecule has 2 N–H and O–H groups in total. The highest BCUT2D eigenvalue weighted by molar-refractivity contribution is 5.60. The van der Waals surface area contributed by atoms with Crippen molar-refractivity contribution in [1.29, 1.82) is 0 Å². The Morgan fingerprint density at radius 1 is 1.37 bits per heavy atom. The highest BCUT2D eigenvalue weighted by Crippen LogP contribution is 2.31. The number of anilines is 1. The van der Waals surface area contributed by atoms with Gasteiger partial charge in [0.1, 0.15) is 6.33 Å². The minimum atomic E-state index is -0.565. The minimum Gasteiger partial charge on any atom is -0.470 e. The third-order valence-electron chi connectivity index (χ3n) is 1.87. The van der Waals surface area contributed by atoms with Gasteiger partial charge in [-0.2, -0.15) is 4.98 Å². The molecule has 106 valence electrons. The van der Waals surface area contributed by atoms with Crippen molar-refractivity contribution in [3.8, 4) is 5.88 Å². The third-order valence-corrected chi connectivity index (χ3v) is 1.87. The molecular formula is C11H19N5O3. The van der Waals surface area contributed by atoms with Crippen LogP contribution in [0.3, 0.4) is 0 Å². The zero-order valence-corrected chi connectivity index (χ0v) is 11.7. The molecule has 1 aromatic heterocycles. The Hall–Kier alpha value is -1.96. The molecule has 0 aliphatic heterocycles. The van der Waals surface area contributed by atoms with Crippen LogP contribution in [0.15, 0.2) is 6.33 Å². The Kier molecular flexibility index (Phi) is 4.60. The Morgan fingerprint density at radius 3 is 2.47 bits per heavy atom. The Bertz CT molecular complexity index is 456. The number of nitro groups is 1. The number of nitrogens with zero attached hydrogens (tertiary/aromatic N) is 3. The molecule has 19 heavy (non-hydrogen) atoms. The summed E-state index contributed by atoms with van der Waals surface area (Å²) in [5.41, 5.74) is 5.09. The Morgan fingerprint density at radius 2 is 2.00 bits per heavy atom. The van der Waals surface area contributed by atoms with E-state index in [2.05, 4.69) is 20.8 Å². The first-order valence-corrected chi connectivity index (χ1v) is 5.90. The van der Waals surface area contributed by atoms with Crippen LogP contribution in [0.1, 0.15) is 34.6 Å². The summed E-state index contributed by atoms with van der Waals surface area (Å²) in [4.78, 5) is 18.2. The van der Waals surface area contributed by atoms with Gasteiger partial charge in [-0.05, 0) is 34.6 Å². The van der Waals surface area contributed by atoms with Crippen molar-refractivity contribution < 1.29 is 9.66 Å². The van der Waals surface area contributed by atoms with Gasteiger partial charge in [0, 0.05) is 5.54 Å². The molecule has 0 bridgehead atoms. The number of ether oxygens (including phenoxy) is 1. The van der Waals surface area contributed by atoms with Gasteiger partial charge >= 0.3 is 5.69 Å². The lowest BCUT2D eigenvalue weighted by Gasteiger charge is -2.21. The van der Waals surface area contributed by atoms with Crippen molar-refractivity contribution in [3.63, 3.8) is 0 Å². The summed E-state index contributed by atoms with van der Waals surface area (Å²) < 4.78 is 5.32. The molecule has 1 rings (SSSR count). The first-order chi connectivity index (χ1) is 8.70. The topological polar surface area (TPSA) is 102 Å². The standard InChI is InChI=1S/C11H19N5O3/c1-7(2)19-10-8(16(17)18)9(12-6-13-10)14-15-11(3,4)5/h6-7,15H,1-5H3,(H,12,13,14). The van der Waals surface area contributed by atoms with Crippen LogP contribution in [-0.2, 0) is 0 Å². The smallest absolute Gasteiger partial charge is 0.374 e. The molecule has 1 aromatic rings. The number of hydrogen-bond donors (Lipinski definition) is 2. The molecular weight excluding hydrogens is 250 g/mol. The molecule has 0 amide bonds. The van der Waals surface area contributed by atoms with Crippen LogP contribution in [0.4, 0.5) is 11.5 Å². The maximum Gasteiger partial charge on any atom is 0.374 e. The fourth-order valence-corrected chi connectivity index (χ4v) is 1.17. The van der Waals surface area contributed by atoms with Crippen LogP contribution >= 0.6 is 0 Å². The van der Waals surface area contributed by atoms with Crippen LogP contribution < -0.4 is 15.6 Å². The lowest BCUT2D eigenvalue weighted by Crippen LogP contribution is -2.40. The van der Waals surface area contributed by atoms with E-state index in [0.717, 1.165) is 0 Å². The molecule has 0 spiro atoms. The van der Waals surface area contributed by atoms with E-state index in [1.54, 1.807) is 13.8 Å². The van der Waals surface area contributed by atoms with Gasteiger partial charge in [0.25, 0.3) is 5.88 Å². The maximum absolute atomic E-state index is 11.1. The first-order valence-electron chi connectivity index (χ1n) is 5.90. The molecule has 0 aliphatic carbocycles. The second kappa shape index (κ2) is 5.79. The number of nitrogens with one attached hydrogen (secondary N) is 2. The first kappa shape index (κ1) is 15.1. The van der Waals surface area contributed by atoms with Gasteiger partial charge in [0.05, 0.1) is 11.0 Å². The second-order valence-corrected chi connectivity index (χ2v) is 5.30. The summed E-state index contributed by atoms with van der Waals surface area (Å²) in [6.45, 7) is 9.29. The van der Waals surface area contributed by atoms with E-state index in [9.17, 15) is 10.1 Å². The molecule has 0 saturated heterocycles. The molecule has 0 aromatic carbocycles. The normalized spacial score (nSPS) is 11.5. The monoisotopic (exact) mass is 269 g/mol. The maximum atomic E-state index is 11.1. The molecule has 8 heteroatoms. The second-order valence-electron chi connectivity index (χ2n) is 5.30. The summed E-state index contributed by atoms with van der Waals surface area (Å²) in [7, 11) is 0. The quantitative estimate of drug-likeness (QED) is 0.621. The number of rotatable bonds is 5. The van der Waals surface area contributed by atoms with Gasteiger partial charge in [0.2, 0.25) is 5.82 Å². The Labute approximate surface area is 111 Å². The number of hydrazine groups is 1. The van der Waals surface area contributed by atoms with Crippen LogP contribution in [0.2, 0.25) is 0 Å². The van der Waals surface area contributed by atoms with Gasteiger partial charge in [-0.25, -0.2) is 10.4 Å². The van der Waals surface area contributed by atoms with Crippen molar-refractivity contribution in [2.75, 3.05) is 5.43 Å². The number of hydrogen-bond acceptors (Lipinski definition) is 7. The SMILES string of the molecule is CC(C)Oc1ncnc(NNC(C)(C)C)c1[N+](=O)[O-]. The number of aromatic nitrogens is 2. The lowest BCUT2D eigenvalue weighted by atomic mass is 10.1. The van der Waals surface area contributed by atoms with E-state index in [1.807, 2.05) is 20.8 Å². The van der Waals surface area contributed by atoms with E-state index in [0.29, 0.717) is 0 Å². The van der Waals surface area contributed by atoms with E-state index in [1.165, 1.54) is 6.33 Å². The van der Waals surface area contributed by atoms with Crippen molar-refractivity contribution in [1.82, 2.24) is 15.4 Å². The van der Waals surface area contributed by atoms with Gasteiger partial charge in [-0.1, -0.05) is 0 Å². The summed E-state index contributed by atoms with van der Waals surface area (Å²) in [6, 6.07) is 0. The average molecular weight is 269 g/mol. The van der Waals surface area contributed by atoms with E-state index >= 15 is 0 Å². The minimum absolute atomic E-state index is 0.0480. The van der Waals surface area contributed by atoms with Gasteiger partial charge in [-0.3, -0.25) is 15.5 Å². The highest BCUT2D eigenvalue weighted by Gasteiger charge is 2.25. The van der Waals surface area contributed by atoms with Crippen LogP contribution in [0.5, 0.6) is 5.88 Å². The molecule has 0 atom stereocenters. The molecule has 0 saturated carbocycles. The Balaban J connectivity index is 3.06. The van der Waals surface area contributed by atoms with Crippen LogP contribution in [0.25, 0.3) is 0 Å². The largest absolute Gasteiger partial charge is 0.470 e. The summed E-state index contributed by atoms with van der Waals surface area (Å²) in [5, 5.41) is 11.1. The fourth-order valence-electron chi connectivity index (χ4n) is 1.17. The van der Waals surface area contributed by atoms with E-state index in [-0.39, 0.29) is 29.0 Å². The molecule has 0 aliphatic rings. The molecule has 0 radical (unpaired) electrons. The zero-order valence-electron chi connectivity index (χ0n) is 11.7. The predicted molar refractivity (Wildman–Crippen MR) is 71.0 cm³/mol. The molecule has 0 fully saturated rings. The van der Waals surface area contributed by atoms with Crippen LogP contribution in [-0.4, -0.2) is 26.5 Å². The molecule has 0 unspecified atom stereocenters. The predicted octanol–water partition coefficient (Wildman–Crippen LogP) is 1.89. The summed E-state index contributed by atoms with van der Waals surface area (Å²) in [6.07, 6.45) is 1.01.